The van der Waals surface area contributed by atoms with Gasteiger partial charge in [0.05, 0.1) is 12.7 Å². The lowest BCUT2D eigenvalue weighted by Gasteiger charge is -2.08. The minimum absolute atomic E-state index is 0.0305. The number of aliphatic hydroxyl groups is 1. The molecular weight excluding hydrogens is 266 g/mol. The van der Waals surface area contributed by atoms with E-state index in [1.165, 1.54) is 19.2 Å². The second-order valence-corrected chi connectivity index (χ2v) is 5.62. The van der Waals surface area contributed by atoms with E-state index in [9.17, 15) is 8.42 Å². The van der Waals surface area contributed by atoms with E-state index in [0.717, 1.165) is 0 Å². The number of nitrogens with one attached hydrogen (secondary N) is 1. The summed E-state index contributed by atoms with van der Waals surface area (Å²) in [5.74, 6) is 5.59. The molecule has 1 atom stereocenters. The van der Waals surface area contributed by atoms with Gasteiger partial charge in [0.2, 0.25) is 10.0 Å². The van der Waals surface area contributed by atoms with E-state index < -0.39 is 15.3 Å². The number of rotatable bonds is 4. The Morgan fingerprint density at radius 3 is 2.95 bits per heavy atom. The number of aliphatic hydroxyl groups excluding tert-OH is 1. The Kier molecular flexibility index (Phi) is 5.31. The maximum Gasteiger partial charge on any atom is 0.250 e. The fourth-order valence-electron chi connectivity index (χ4n) is 1.09. The first kappa shape index (κ1) is 15.0. The van der Waals surface area contributed by atoms with Crippen molar-refractivity contribution in [1.29, 1.82) is 5.26 Å². The summed E-state index contributed by atoms with van der Waals surface area (Å²) in [6, 6.07) is 4.73. The van der Waals surface area contributed by atoms with Gasteiger partial charge in [-0.25, -0.2) is 13.4 Å². The van der Waals surface area contributed by atoms with Gasteiger partial charge in [-0.2, -0.15) is 5.26 Å². The third-order valence-electron chi connectivity index (χ3n) is 2.12. The zero-order valence-electron chi connectivity index (χ0n) is 10.3. The largest absolute Gasteiger partial charge is 0.395 e. The average molecular weight is 279 g/mol. The van der Waals surface area contributed by atoms with Gasteiger partial charge in [-0.15, -0.1) is 0 Å². The lowest BCUT2D eigenvalue weighted by molar-refractivity contribution is 0.305. The monoisotopic (exact) mass is 279 g/mol. The third-order valence-corrected chi connectivity index (χ3v) is 3.65. The van der Waals surface area contributed by atoms with Gasteiger partial charge >= 0.3 is 0 Å². The summed E-state index contributed by atoms with van der Waals surface area (Å²) in [6.07, 6.45) is 1.76. The zero-order valence-corrected chi connectivity index (χ0v) is 11.1. The summed E-state index contributed by atoms with van der Waals surface area (Å²) >= 11 is 0. The minimum atomic E-state index is -3.77. The Balaban J connectivity index is 2.91. The number of aromatic nitrogens is 1. The molecule has 0 bridgehead atoms. The van der Waals surface area contributed by atoms with Crippen LogP contribution in [0.15, 0.2) is 18.3 Å². The molecule has 100 valence electrons. The first-order valence-corrected chi connectivity index (χ1v) is 7.01. The summed E-state index contributed by atoms with van der Waals surface area (Å²) in [5, 5.41) is 16.0. The van der Waals surface area contributed by atoms with Crippen LogP contribution < -0.4 is 4.72 Å². The number of hydrogen-bond acceptors (Lipinski definition) is 5. The predicted octanol–water partition coefficient (Wildman–Crippen LogP) is 0.469. The summed E-state index contributed by atoms with van der Waals surface area (Å²) in [6.45, 7) is 1.25. The molecular formula is C12H13N3O3S. The number of hydrogen-bond donors (Lipinski definition) is 2. The Morgan fingerprint density at radius 1 is 1.58 bits per heavy atom. The van der Waals surface area contributed by atoms with Gasteiger partial charge in [0.1, 0.15) is 5.82 Å². The molecule has 0 aliphatic carbocycles. The van der Waals surface area contributed by atoms with Crippen LogP contribution in [0.25, 0.3) is 0 Å². The maximum absolute atomic E-state index is 11.7. The summed E-state index contributed by atoms with van der Waals surface area (Å²) in [7, 11) is -3.77. The topological polar surface area (TPSA) is 103 Å². The summed E-state index contributed by atoms with van der Waals surface area (Å²) in [4.78, 5) is 3.85. The van der Waals surface area contributed by atoms with Gasteiger partial charge in [0.25, 0.3) is 0 Å². The SMILES string of the molecule is CC(C#N)S(=O)(=O)Nc1cc(C#CCCO)ccn1. The van der Waals surface area contributed by atoms with Crippen LogP contribution in [0.1, 0.15) is 18.9 Å². The fourth-order valence-corrected chi connectivity index (χ4v) is 1.81. The summed E-state index contributed by atoms with van der Waals surface area (Å²) < 4.78 is 25.5. The van der Waals surface area contributed by atoms with Crippen LogP contribution in [0, 0.1) is 23.2 Å². The van der Waals surface area contributed by atoms with Crippen LogP contribution in [0.3, 0.4) is 0 Å². The Labute approximate surface area is 112 Å². The van der Waals surface area contributed by atoms with Gasteiger partial charge in [0.15, 0.2) is 5.25 Å². The third kappa shape index (κ3) is 4.59. The highest BCUT2D eigenvalue weighted by Crippen LogP contribution is 2.10. The van der Waals surface area contributed by atoms with Crippen LogP contribution in [-0.2, 0) is 10.0 Å². The van der Waals surface area contributed by atoms with Gasteiger partial charge < -0.3 is 5.11 Å². The molecule has 0 radical (unpaired) electrons. The molecule has 0 spiro atoms. The number of sulfonamides is 1. The molecule has 0 aromatic carbocycles. The lowest BCUT2D eigenvalue weighted by Crippen LogP contribution is -2.24. The highest BCUT2D eigenvalue weighted by molar-refractivity contribution is 7.93. The van der Waals surface area contributed by atoms with Crippen molar-refractivity contribution in [3.8, 4) is 17.9 Å². The molecule has 1 heterocycles. The molecule has 1 aromatic heterocycles. The van der Waals surface area contributed by atoms with E-state index in [2.05, 4.69) is 21.5 Å². The molecule has 0 saturated carbocycles. The molecule has 2 N–H and O–H groups in total. The van der Waals surface area contributed by atoms with E-state index in [0.29, 0.717) is 12.0 Å². The van der Waals surface area contributed by atoms with Crippen LogP contribution in [0.2, 0.25) is 0 Å². The molecule has 0 aliphatic heterocycles. The van der Waals surface area contributed by atoms with Gasteiger partial charge in [0, 0.05) is 18.2 Å². The second kappa shape index (κ2) is 6.74. The molecule has 1 unspecified atom stereocenters. The van der Waals surface area contributed by atoms with Gasteiger partial charge in [-0.05, 0) is 19.1 Å². The first-order chi connectivity index (χ1) is 8.99. The van der Waals surface area contributed by atoms with Crippen molar-refractivity contribution >= 4 is 15.8 Å². The summed E-state index contributed by atoms with van der Waals surface area (Å²) in [5.41, 5.74) is 0.575. The Morgan fingerprint density at radius 2 is 2.32 bits per heavy atom. The van der Waals surface area contributed by atoms with Crippen molar-refractivity contribution in [3.05, 3.63) is 23.9 Å². The maximum atomic E-state index is 11.7. The molecule has 0 fully saturated rings. The molecule has 0 amide bonds. The minimum Gasteiger partial charge on any atom is -0.395 e. The first-order valence-electron chi connectivity index (χ1n) is 5.46. The zero-order chi connectivity index (χ0) is 14.3. The van der Waals surface area contributed by atoms with Crippen molar-refractivity contribution in [1.82, 2.24) is 4.98 Å². The predicted molar refractivity (Wildman–Crippen MR) is 70.4 cm³/mol. The Hall–Kier alpha value is -2.09. The van der Waals surface area contributed by atoms with E-state index in [4.69, 9.17) is 10.4 Å². The number of nitrogens with zero attached hydrogens (tertiary/aromatic N) is 2. The van der Waals surface area contributed by atoms with Crippen LogP contribution in [-0.4, -0.2) is 30.4 Å². The van der Waals surface area contributed by atoms with E-state index in [1.807, 2.05) is 0 Å². The van der Waals surface area contributed by atoms with E-state index >= 15 is 0 Å². The molecule has 6 nitrogen and oxygen atoms in total. The van der Waals surface area contributed by atoms with Crippen molar-refractivity contribution < 1.29 is 13.5 Å². The van der Waals surface area contributed by atoms with Crippen LogP contribution in [0.5, 0.6) is 0 Å². The van der Waals surface area contributed by atoms with Crippen molar-refractivity contribution in [3.63, 3.8) is 0 Å². The van der Waals surface area contributed by atoms with E-state index in [1.54, 1.807) is 12.1 Å². The second-order valence-electron chi connectivity index (χ2n) is 3.62. The number of anilines is 1. The molecule has 19 heavy (non-hydrogen) atoms. The number of pyridine rings is 1. The quantitative estimate of drug-likeness (QED) is 0.780. The van der Waals surface area contributed by atoms with Gasteiger partial charge in [-0.3, -0.25) is 4.72 Å². The standard InChI is InChI=1S/C12H13N3O3S/c1-10(9-13)19(17,18)15-12-8-11(5-6-14-12)4-2-3-7-16/h5-6,8,10,16H,3,7H2,1H3,(H,14,15). The van der Waals surface area contributed by atoms with Crippen molar-refractivity contribution in [2.75, 3.05) is 11.3 Å². The normalized spacial score (nSPS) is 11.8. The molecule has 1 rings (SSSR count). The lowest BCUT2D eigenvalue weighted by atomic mass is 10.2. The van der Waals surface area contributed by atoms with Crippen LogP contribution in [0.4, 0.5) is 5.82 Å². The van der Waals surface area contributed by atoms with Crippen molar-refractivity contribution in [2.24, 2.45) is 0 Å². The average Bonchev–Trinajstić information content (AvgIpc) is 2.38. The van der Waals surface area contributed by atoms with E-state index in [-0.39, 0.29) is 12.4 Å². The fraction of sp³-hybridized carbons (Fsp3) is 0.333. The molecule has 7 heteroatoms. The molecule has 0 aliphatic rings. The smallest absolute Gasteiger partial charge is 0.250 e. The van der Waals surface area contributed by atoms with Crippen LogP contribution >= 0.6 is 0 Å². The van der Waals surface area contributed by atoms with Crippen molar-refractivity contribution in [2.45, 2.75) is 18.6 Å². The highest BCUT2D eigenvalue weighted by atomic mass is 32.2. The van der Waals surface area contributed by atoms with Gasteiger partial charge in [-0.1, -0.05) is 11.8 Å². The molecule has 0 saturated heterocycles. The number of nitriles is 1. The molecule has 1 aromatic rings. The highest BCUT2D eigenvalue weighted by Gasteiger charge is 2.20. The Bertz CT molecular complexity index is 638.